The largest absolute Gasteiger partial charge is 0.504 e. The van der Waals surface area contributed by atoms with Crippen LogP contribution in [0, 0.1) is 0 Å². The number of phenols is 2. The van der Waals surface area contributed by atoms with E-state index in [0.717, 1.165) is 0 Å². The van der Waals surface area contributed by atoms with Crippen LogP contribution in [0.25, 0.3) is 0 Å². The van der Waals surface area contributed by atoms with Gasteiger partial charge in [0.1, 0.15) is 0 Å². The highest BCUT2D eigenvalue weighted by molar-refractivity contribution is 5.66. The standard InChI is InChI=1S/C6H6O2.C3H5FO2/c7-5-3-1-2-4-6(5)8;4-2-1-3(5)6/h1-4,7-8H;1-2H2,(H,5,6). The summed E-state index contributed by atoms with van der Waals surface area (Å²) in [6.45, 7) is -0.769. The van der Waals surface area contributed by atoms with E-state index in [2.05, 4.69) is 0 Å². The Morgan fingerprint density at radius 2 is 1.64 bits per heavy atom. The van der Waals surface area contributed by atoms with Crippen LogP contribution in [0.2, 0.25) is 0 Å². The maximum absolute atomic E-state index is 10.9. The van der Waals surface area contributed by atoms with Gasteiger partial charge in [0.05, 0.1) is 13.1 Å². The molecule has 0 aliphatic rings. The topological polar surface area (TPSA) is 77.8 Å². The fraction of sp³-hybridized carbons (Fsp3) is 0.222. The second-order valence-electron chi connectivity index (χ2n) is 2.32. The first-order valence-electron chi connectivity index (χ1n) is 3.82. The number of carboxylic acid groups (broad SMARTS) is 1. The smallest absolute Gasteiger partial charge is 0.305 e. The minimum Gasteiger partial charge on any atom is -0.504 e. The molecule has 5 heteroatoms. The monoisotopic (exact) mass is 202 g/mol. The number of aromatic hydroxyl groups is 2. The molecule has 0 heterocycles. The van der Waals surface area contributed by atoms with Crippen molar-refractivity contribution in [2.45, 2.75) is 6.42 Å². The first-order chi connectivity index (χ1) is 6.57. The molecule has 0 saturated heterocycles. The summed E-state index contributed by atoms with van der Waals surface area (Å²) in [6, 6.07) is 6.15. The van der Waals surface area contributed by atoms with E-state index in [1.807, 2.05) is 0 Å². The Morgan fingerprint density at radius 3 is 1.79 bits per heavy atom. The van der Waals surface area contributed by atoms with E-state index in [0.29, 0.717) is 0 Å². The van der Waals surface area contributed by atoms with E-state index in [9.17, 15) is 9.18 Å². The summed E-state index contributed by atoms with van der Waals surface area (Å²) >= 11 is 0. The van der Waals surface area contributed by atoms with E-state index in [1.165, 1.54) is 12.1 Å². The average Bonchev–Trinajstić information content (AvgIpc) is 2.11. The Morgan fingerprint density at radius 1 is 1.21 bits per heavy atom. The van der Waals surface area contributed by atoms with Gasteiger partial charge < -0.3 is 15.3 Å². The zero-order chi connectivity index (χ0) is 11.0. The number of rotatable bonds is 2. The zero-order valence-electron chi connectivity index (χ0n) is 7.35. The number of carbonyl (C=O) groups is 1. The first-order valence-corrected chi connectivity index (χ1v) is 3.82. The van der Waals surface area contributed by atoms with Crippen molar-refractivity contribution in [3.8, 4) is 11.5 Å². The van der Waals surface area contributed by atoms with Crippen molar-refractivity contribution in [3.05, 3.63) is 24.3 Å². The minimum atomic E-state index is -1.09. The van der Waals surface area contributed by atoms with Crippen LogP contribution >= 0.6 is 0 Å². The Kier molecular flexibility index (Phi) is 5.85. The van der Waals surface area contributed by atoms with Gasteiger partial charge in [-0.3, -0.25) is 9.18 Å². The highest BCUT2D eigenvalue weighted by Gasteiger charge is 1.90. The lowest BCUT2D eigenvalue weighted by molar-refractivity contribution is -0.137. The Balaban J connectivity index is 0.000000255. The number of halogens is 1. The van der Waals surface area contributed by atoms with Crippen LogP contribution in [-0.2, 0) is 4.79 Å². The summed E-state index contributed by atoms with van der Waals surface area (Å²) in [5.74, 6) is -1.24. The van der Waals surface area contributed by atoms with Crippen LogP contribution < -0.4 is 0 Å². The molecule has 1 aromatic carbocycles. The Labute approximate surface area is 80.2 Å². The molecule has 0 aliphatic heterocycles. The number of alkyl halides is 1. The van der Waals surface area contributed by atoms with Gasteiger partial charge in [0.2, 0.25) is 0 Å². The number of carboxylic acids is 1. The van der Waals surface area contributed by atoms with Crippen LogP contribution in [0.3, 0.4) is 0 Å². The molecule has 0 spiro atoms. The normalized spacial score (nSPS) is 8.64. The molecule has 0 atom stereocenters. The first kappa shape index (κ1) is 12.2. The molecule has 3 N–H and O–H groups in total. The van der Waals surface area contributed by atoms with Gasteiger partial charge in [-0.1, -0.05) is 12.1 Å². The van der Waals surface area contributed by atoms with Gasteiger partial charge in [-0.25, -0.2) is 0 Å². The number of hydrogen-bond acceptors (Lipinski definition) is 3. The molecule has 0 amide bonds. The van der Waals surface area contributed by atoms with Gasteiger partial charge in [0, 0.05) is 0 Å². The van der Waals surface area contributed by atoms with Gasteiger partial charge >= 0.3 is 5.97 Å². The molecular weight excluding hydrogens is 191 g/mol. The summed E-state index contributed by atoms with van der Waals surface area (Å²) in [4.78, 5) is 9.36. The molecule has 4 nitrogen and oxygen atoms in total. The highest BCUT2D eigenvalue weighted by atomic mass is 19.1. The predicted octanol–water partition coefficient (Wildman–Crippen LogP) is 1.53. The van der Waals surface area contributed by atoms with Gasteiger partial charge in [0.15, 0.2) is 11.5 Å². The summed E-state index contributed by atoms with van der Waals surface area (Å²) in [5, 5.41) is 25.0. The average molecular weight is 202 g/mol. The fourth-order valence-electron chi connectivity index (χ4n) is 0.545. The summed E-state index contributed by atoms with van der Waals surface area (Å²) in [5.41, 5.74) is 0. The molecule has 1 aromatic rings. The van der Waals surface area contributed by atoms with Crippen LogP contribution in [-0.4, -0.2) is 28.0 Å². The van der Waals surface area contributed by atoms with Gasteiger partial charge in [-0.05, 0) is 12.1 Å². The highest BCUT2D eigenvalue weighted by Crippen LogP contribution is 2.21. The SMILES string of the molecule is O=C(O)CCF.Oc1ccccc1O. The molecule has 14 heavy (non-hydrogen) atoms. The van der Waals surface area contributed by atoms with Crippen molar-refractivity contribution in [1.29, 1.82) is 0 Å². The molecule has 0 fully saturated rings. The van der Waals surface area contributed by atoms with Crippen molar-refractivity contribution < 1.29 is 24.5 Å². The summed E-state index contributed by atoms with van der Waals surface area (Å²) in [7, 11) is 0. The van der Waals surface area contributed by atoms with Crippen molar-refractivity contribution in [3.63, 3.8) is 0 Å². The lowest BCUT2D eigenvalue weighted by Crippen LogP contribution is -1.93. The van der Waals surface area contributed by atoms with Crippen molar-refractivity contribution >= 4 is 5.97 Å². The van der Waals surface area contributed by atoms with E-state index in [4.69, 9.17) is 15.3 Å². The van der Waals surface area contributed by atoms with E-state index in [-0.39, 0.29) is 17.9 Å². The molecule has 1 rings (SSSR count). The molecule has 0 unspecified atom stereocenters. The summed E-state index contributed by atoms with van der Waals surface area (Å²) in [6.07, 6.45) is -0.375. The Bertz CT molecular complexity index is 267. The third-order valence-electron chi connectivity index (χ3n) is 1.19. The van der Waals surface area contributed by atoms with Crippen LogP contribution in [0.15, 0.2) is 24.3 Å². The number of phenolic OH excluding ortho intramolecular Hbond substituents is 2. The third kappa shape index (κ3) is 5.82. The number of aliphatic carboxylic acids is 1. The van der Waals surface area contributed by atoms with E-state index in [1.54, 1.807) is 12.1 Å². The Hall–Kier alpha value is -1.78. The van der Waals surface area contributed by atoms with E-state index >= 15 is 0 Å². The molecule has 0 bridgehead atoms. The molecule has 0 radical (unpaired) electrons. The van der Waals surface area contributed by atoms with Crippen LogP contribution in [0.5, 0.6) is 11.5 Å². The quantitative estimate of drug-likeness (QED) is 0.635. The van der Waals surface area contributed by atoms with E-state index < -0.39 is 12.6 Å². The second kappa shape index (κ2) is 6.71. The lowest BCUT2D eigenvalue weighted by Gasteiger charge is -1.91. The maximum Gasteiger partial charge on any atom is 0.305 e. The van der Waals surface area contributed by atoms with Crippen LogP contribution in [0.4, 0.5) is 4.39 Å². The molecule has 0 aliphatic carbocycles. The maximum atomic E-state index is 10.9. The minimum absolute atomic E-state index is 0.0764. The third-order valence-corrected chi connectivity index (χ3v) is 1.19. The number of para-hydroxylation sites is 2. The second-order valence-corrected chi connectivity index (χ2v) is 2.32. The molecule has 0 aromatic heterocycles. The zero-order valence-corrected chi connectivity index (χ0v) is 7.35. The molecule has 78 valence electrons. The van der Waals surface area contributed by atoms with Crippen molar-refractivity contribution in [1.82, 2.24) is 0 Å². The molecule has 0 saturated carbocycles. The van der Waals surface area contributed by atoms with Crippen LogP contribution in [0.1, 0.15) is 6.42 Å². The predicted molar refractivity (Wildman–Crippen MR) is 48.0 cm³/mol. The lowest BCUT2D eigenvalue weighted by atomic mass is 10.3. The van der Waals surface area contributed by atoms with Gasteiger partial charge in [-0.15, -0.1) is 0 Å². The van der Waals surface area contributed by atoms with Crippen molar-refractivity contribution in [2.24, 2.45) is 0 Å². The van der Waals surface area contributed by atoms with Crippen molar-refractivity contribution in [2.75, 3.05) is 6.67 Å². The van der Waals surface area contributed by atoms with Gasteiger partial charge in [-0.2, -0.15) is 0 Å². The number of benzene rings is 1. The van der Waals surface area contributed by atoms with Gasteiger partial charge in [0.25, 0.3) is 0 Å². The molecular formula is C9H11FO4. The fourth-order valence-corrected chi connectivity index (χ4v) is 0.545. The summed E-state index contributed by atoms with van der Waals surface area (Å²) < 4.78 is 10.9. The number of hydrogen-bond donors (Lipinski definition) is 3.